The van der Waals surface area contributed by atoms with Crippen LogP contribution in [0.5, 0.6) is 0 Å². The van der Waals surface area contributed by atoms with Crippen LogP contribution in [-0.4, -0.2) is 33.1 Å². The Morgan fingerprint density at radius 2 is 1.78 bits per heavy atom. The van der Waals surface area contributed by atoms with Crippen LogP contribution in [0.3, 0.4) is 0 Å². The molecule has 1 amide bonds. The molecule has 0 spiro atoms. The second-order valence-electron chi connectivity index (χ2n) is 8.52. The number of carbonyl (C=O) groups is 2. The van der Waals surface area contributed by atoms with Gasteiger partial charge in [-0.3, -0.25) is 9.59 Å². The maximum Gasteiger partial charge on any atom is 0.322 e. The lowest BCUT2D eigenvalue weighted by Crippen LogP contribution is -2.29. The number of aryl methyl sites for hydroxylation is 1. The molecule has 0 fully saturated rings. The second kappa shape index (κ2) is 10.2. The first-order valence-electron chi connectivity index (χ1n) is 11.5. The fraction of sp³-hybridized carbons (Fsp3) is 0.222. The van der Waals surface area contributed by atoms with Crippen LogP contribution in [0.25, 0.3) is 11.0 Å². The number of amides is 1. The molecule has 186 valence electrons. The van der Waals surface area contributed by atoms with E-state index < -0.39 is 24.3 Å². The van der Waals surface area contributed by atoms with Gasteiger partial charge in [0.25, 0.3) is 11.8 Å². The third kappa shape index (κ3) is 5.51. The van der Waals surface area contributed by atoms with Gasteiger partial charge in [-0.2, -0.15) is 0 Å². The third-order valence-corrected chi connectivity index (χ3v) is 5.85. The Kier molecular flexibility index (Phi) is 7.00. The summed E-state index contributed by atoms with van der Waals surface area (Å²) >= 11 is 0. The molecule has 9 heteroatoms. The zero-order valence-corrected chi connectivity index (χ0v) is 19.9. The van der Waals surface area contributed by atoms with Crippen molar-refractivity contribution in [1.29, 1.82) is 0 Å². The van der Waals surface area contributed by atoms with E-state index in [4.69, 9.17) is 5.11 Å². The molecule has 0 atom stereocenters. The number of anilines is 2. The van der Waals surface area contributed by atoms with Crippen molar-refractivity contribution in [2.75, 3.05) is 11.9 Å². The Bertz CT molecular complexity index is 1410. The van der Waals surface area contributed by atoms with Crippen LogP contribution in [-0.2, 0) is 23.7 Å². The van der Waals surface area contributed by atoms with E-state index in [-0.39, 0.29) is 17.7 Å². The Morgan fingerprint density at radius 1 is 1.06 bits per heavy atom. The van der Waals surface area contributed by atoms with E-state index in [0.29, 0.717) is 22.5 Å². The van der Waals surface area contributed by atoms with Gasteiger partial charge in [-0.25, -0.2) is 13.8 Å². The van der Waals surface area contributed by atoms with Crippen molar-refractivity contribution < 1.29 is 23.5 Å². The largest absolute Gasteiger partial charge is 0.480 e. The topological polar surface area (TPSA) is 96.2 Å². The smallest absolute Gasteiger partial charge is 0.322 e. The van der Waals surface area contributed by atoms with Crippen molar-refractivity contribution in [1.82, 2.24) is 14.9 Å². The minimum absolute atomic E-state index is 0.0743. The molecule has 0 aliphatic heterocycles. The standard InChI is InChI=1S/C27H26F2N4O3/c1-3-17-8-11-20(12-9-17)31-26-32-22-14-18(25(36)30-15-24(34)35)10-13-23(22)33(26)16-19-6-4-5-7-21(19)27(2,28)29/h4-14H,3,15-16H2,1-2H3,(H,30,36)(H,31,32)(H,34,35). The van der Waals surface area contributed by atoms with Gasteiger partial charge in [-0.1, -0.05) is 43.3 Å². The van der Waals surface area contributed by atoms with E-state index in [1.54, 1.807) is 41.0 Å². The van der Waals surface area contributed by atoms with Gasteiger partial charge in [-0.15, -0.1) is 0 Å². The molecule has 7 nitrogen and oxygen atoms in total. The lowest BCUT2D eigenvalue weighted by atomic mass is 10.0. The Hall–Kier alpha value is -4.27. The maximum absolute atomic E-state index is 14.3. The minimum Gasteiger partial charge on any atom is -0.480 e. The number of carboxylic acid groups (broad SMARTS) is 1. The Balaban J connectivity index is 1.77. The number of aliphatic carboxylic acids is 1. The van der Waals surface area contributed by atoms with Gasteiger partial charge in [0.15, 0.2) is 0 Å². The van der Waals surface area contributed by atoms with Crippen LogP contribution >= 0.6 is 0 Å². The van der Waals surface area contributed by atoms with E-state index >= 15 is 0 Å². The van der Waals surface area contributed by atoms with Crippen LogP contribution in [0.15, 0.2) is 66.7 Å². The number of hydrogen-bond acceptors (Lipinski definition) is 4. The molecule has 4 aromatic rings. The highest BCUT2D eigenvalue weighted by Gasteiger charge is 2.27. The number of aromatic nitrogens is 2. The van der Waals surface area contributed by atoms with E-state index in [9.17, 15) is 18.4 Å². The predicted molar refractivity (Wildman–Crippen MR) is 134 cm³/mol. The number of nitrogens with one attached hydrogen (secondary N) is 2. The number of rotatable bonds is 9. The lowest BCUT2D eigenvalue weighted by molar-refractivity contribution is -0.135. The maximum atomic E-state index is 14.3. The van der Waals surface area contributed by atoms with Crippen molar-refractivity contribution in [3.63, 3.8) is 0 Å². The molecule has 3 aromatic carbocycles. The van der Waals surface area contributed by atoms with Gasteiger partial charge in [0, 0.05) is 23.7 Å². The summed E-state index contributed by atoms with van der Waals surface area (Å²) in [7, 11) is 0. The summed E-state index contributed by atoms with van der Waals surface area (Å²) in [6.45, 7) is 2.55. The fourth-order valence-corrected chi connectivity index (χ4v) is 3.99. The molecule has 0 bridgehead atoms. The van der Waals surface area contributed by atoms with Crippen molar-refractivity contribution in [3.8, 4) is 0 Å². The van der Waals surface area contributed by atoms with Gasteiger partial charge >= 0.3 is 5.97 Å². The number of fused-ring (bicyclic) bond motifs is 1. The van der Waals surface area contributed by atoms with E-state index in [1.165, 1.54) is 11.6 Å². The zero-order chi connectivity index (χ0) is 25.9. The van der Waals surface area contributed by atoms with E-state index in [1.807, 2.05) is 24.3 Å². The summed E-state index contributed by atoms with van der Waals surface area (Å²) in [5.74, 6) is -4.30. The molecule has 0 unspecified atom stereocenters. The molecule has 0 radical (unpaired) electrons. The van der Waals surface area contributed by atoms with Gasteiger partial charge in [0.1, 0.15) is 6.54 Å². The van der Waals surface area contributed by atoms with Crippen molar-refractivity contribution >= 4 is 34.5 Å². The summed E-state index contributed by atoms with van der Waals surface area (Å²) in [5, 5.41) is 14.4. The number of nitrogens with zero attached hydrogens (tertiary/aromatic N) is 2. The van der Waals surface area contributed by atoms with Crippen molar-refractivity contribution in [3.05, 3.63) is 89.0 Å². The van der Waals surface area contributed by atoms with Crippen LogP contribution < -0.4 is 10.6 Å². The monoisotopic (exact) mass is 492 g/mol. The van der Waals surface area contributed by atoms with E-state index in [2.05, 4.69) is 22.5 Å². The minimum atomic E-state index is -3.02. The highest BCUT2D eigenvalue weighted by Crippen LogP contribution is 2.32. The van der Waals surface area contributed by atoms with Gasteiger partial charge in [-0.05, 0) is 47.9 Å². The van der Waals surface area contributed by atoms with E-state index in [0.717, 1.165) is 19.0 Å². The first-order valence-corrected chi connectivity index (χ1v) is 11.5. The normalized spacial score (nSPS) is 11.4. The molecule has 36 heavy (non-hydrogen) atoms. The molecule has 3 N–H and O–H groups in total. The zero-order valence-electron chi connectivity index (χ0n) is 19.9. The highest BCUT2D eigenvalue weighted by atomic mass is 19.3. The number of halogens is 2. The molecule has 1 aromatic heterocycles. The predicted octanol–water partition coefficient (Wildman–Crippen LogP) is 5.32. The quantitative estimate of drug-likeness (QED) is 0.294. The second-order valence-corrected chi connectivity index (χ2v) is 8.52. The molecule has 0 aliphatic carbocycles. The Morgan fingerprint density at radius 3 is 2.44 bits per heavy atom. The average Bonchev–Trinajstić information content (AvgIpc) is 3.18. The van der Waals surface area contributed by atoms with Crippen LogP contribution in [0, 0.1) is 0 Å². The summed E-state index contributed by atoms with van der Waals surface area (Å²) in [5.41, 5.74) is 3.65. The number of hydrogen-bond donors (Lipinski definition) is 3. The molecule has 0 aliphatic rings. The molecule has 1 heterocycles. The lowest BCUT2D eigenvalue weighted by Gasteiger charge is -2.18. The number of alkyl halides is 2. The number of carboxylic acids is 1. The molecule has 0 saturated heterocycles. The third-order valence-electron chi connectivity index (χ3n) is 5.85. The van der Waals surface area contributed by atoms with Crippen LogP contribution in [0.4, 0.5) is 20.4 Å². The molecular weight excluding hydrogens is 466 g/mol. The highest BCUT2D eigenvalue weighted by molar-refractivity contribution is 5.99. The van der Waals surface area contributed by atoms with Gasteiger partial charge < -0.3 is 20.3 Å². The fourth-order valence-electron chi connectivity index (χ4n) is 3.99. The number of carbonyl (C=O) groups excluding carboxylic acids is 1. The van der Waals surface area contributed by atoms with Crippen molar-refractivity contribution in [2.45, 2.75) is 32.7 Å². The average molecular weight is 493 g/mol. The van der Waals surface area contributed by atoms with Gasteiger partial charge in [0.05, 0.1) is 17.6 Å². The SMILES string of the molecule is CCc1ccc(Nc2nc3cc(C(=O)NCC(=O)O)ccc3n2Cc2ccccc2C(C)(F)F)cc1. The first-order chi connectivity index (χ1) is 17.2. The van der Waals surface area contributed by atoms with Crippen molar-refractivity contribution in [2.24, 2.45) is 0 Å². The molecule has 0 saturated carbocycles. The molecular formula is C27H26F2N4O3. The summed E-state index contributed by atoms with van der Waals surface area (Å²) < 4.78 is 30.4. The summed E-state index contributed by atoms with van der Waals surface area (Å²) in [6.07, 6.45) is 0.896. The summed E-state index contributed by atoms with van der Waals surface area (Å²) in [4.78, 5) is 27.8. The molecule has 4 rings (SSSR count). The van der Waals surface area contributed by atoms with Crippen LogP contribution in [0.1, 0.15) is 40.9 Å². The number of benzene rings is 3. The first kappa shape index (κ1) is 24.8. The number of imidazole rings is 1. The summed E-state index contributed by atoms with van der Waals surface area (Å²) in [6, 6.07) is 19.0. The van der Waals surface area contributed by atoms with Gasteiger partial charge in [0.2, 0.25) is 5.95 Å². The Labute approximate surface area is 206 Å². The van der Waals surface area contributed by atoms with Crippen LogP contribution in [0.2, 0.25) is 0 Å².